The zero-order valence-electron chi connectivity index (χ0n) is 23.9. The first kappa shape index (κ1) is 29.8. The number of nitrogens with one attached hydrogen (secondary N) is 3. The van der Waals surface area contributed by atoms with Gasteiger partial charge in [-0.05, 0) is 80.4 Å². The maximum Gasteiger partial charge on any atom is 0.272 e. The Morgan fingerprint density at radius 2 is 1.58 bits per heavy atom. The van der Waals surface area contributed by atoms with Crippen molar-refractivity contribution >= 4 is 67.9 Å². The lowest BCUT2D eigenvalue weighted by Crippen LogP contribution is -2.30. The van der Waals surface area contributed by atoms with Crippen molar-refractivity contribution in [2.24, 2.45) is 0 Å². The molecule has 3 amide bonds. The van der Waals surface area contributed by atoms with Gasteiger partial charge in [-0.15, -0.1) is 11.8 Å². The molecule has 0 aliphatic rings. The number of fused-ring (bicyclic) bond motifs is 1. The Hall–Kier alpha value is -4.73. The van der Waals surface area contributed by atoms with Crippen LogP contribution in [0.2, 0.25) is 0 Å². The van der Waals surface area contributed by atoms with E-state index in [0.29, 0.717) is 16.4 Å². The van der Waals surface area contributed by atoms with Crippen molar-refractivity contribution in [1.29, 1.82) is 0 Å². The SMILES string of the molecule is Cc1ccc(/C=C(\NC(=O)c2ccccc2)C(=O)Nc2cccc(SC(C)C(=O)Nc3nc4ccc(C)cc4s3)c2)cc1. The van der Waals surface area contributed by atoms with Gasteiger partial charge in [0.2, 0.25) is 5.91 Å². The van der Waals surface area contributed by atoms with Gasteiger partial charge in [0, 0.05) is 16.1 Å². The van der Waals surface area contributed by atoms with Crippen molar-refractivity contribution in [2.45, 2.75) is 30.9 Å². The Kier molecular flexibility index (Phi) is 9.34. The summed E-state index contributed by atoms with van der Waals surface area (Å²) in [7, 11) is 0. The maximum absolute atomic E-state index is 13.4. The second kappa shape index (κ2) is 13.5. The molecule has 3 N–H and O–H groups in total. The Balaban J connectivity index is 1.27. The van der Waals surface area contributed by atoms with Gasteiger partial charge in [-0.2, -0.15) is 0 Å². The number of aryl methyl sites for hydroxylation is 2. The first-order valence-corrected chi connectivity index (χ1v) is 15.3. The Bertz CT molecular complexity index is 1820. The molecule has 0 fully saturated rings. The predicted molar refractivity (Wildman–Crippen MR) is 176 cm³/mol. The van der Waals surface area contributed by atoms with Crippen molar-refractivity contribution in [2.75, 3.05) is 10.6 Å². The van der Waals surface area contributed by atoms with E-state index in [4.69, 9.17) is 0 Å². The van der Waals surface area contributed by atoms with Gasteiger partial charge >= 0.3 is 0 Å². The smallest absolute Gasteiger partial charge is 0.272 e. The van der Waals surface area contributed by atoms with Crippen LogP contribution in [0.1, 0.15) is 34.0 Å². The molecule has 0 saturated heterocycles. The summed E-state index contributed by atoms with van der Waals surface area (Å²) in [6.07, 6.45) is 1.64. The maximum atomic E-state index is 13.4. The van der Waals surface area contributed by atoms with Crippen molar-refractivity contribution < 1.29 is 14.4 Å². The van der Waals surface area contributed by atoms with Gasteiger partial charge in [-0.3, -0.25) is 14.4 Å². The molecule has 5 aromatic rings. The highest BCUT2D eigenvalue weighted by molar-refractivity contribution is 8.00. The standard InChI is InChI=1S/C34H30N4O3S2/c1-21-12-15-24(16-13-21)19-29(36-32(40)25-8-5-4-6-9-25)33(41)35-26-10-7-11-27(20-26)42-23(3)31(39)38-34-37-28-17-14-22(2)18-30(28)43-34/h4-20,23H,1-3H3,(H,35,41)(H,36,40)(H,37,38,39)/b29-19-. The fourth-order valence-corrected chi connectivity index (χ4v) is 6.06. The number of nitrogens with zero attached hydrogens (tertiary/aromatic N) is 1. The van der Waals surface area contributed by atoms with E-state index >= 15 is 0 Å². The Morgan fingerprint density at radius 1 is 0.837 bits per heavy atom. The average Bonchev–Trinajstić information content (AvgIpc) is 3.39. The van der Waals surface area contributed by atoms with E-state index in [2.05, 4.69) is 27.0 Å². The number of amides is 3. The Labute approximate surface area is 258 Å². The number of hydrogen-bond donors (Lipinski definition) is 3. The summed E-state index contributed by atoms with van der Waals surface area (Å²) >= 11 is 2.82. The fourth-order valence-electron chi connectivity index (χ4n) is 4.17. The summed E-state index contributed by atoms with van der Waals surface area (Å²) in [6, 6.07) is 29.6. The molecule has 0 bridgehead atoms. The fraction of sp³-hybridized carbons (Fsp3) is 0.118. The van der Waals surface area contributed by atoms with Crippen LogP contribution in [0.3, 0.4) is 0 Å². The molecule has 0 spiro atoms. The number of anilines is 2. The molecule has 0 aliphatic carbocycles. The van der Waals surface area contributed by atoms with E-state index in [1.165, 1.54) is 23.1 Å². The van der Waals surface area contributed by atoms with Crippen LogP contribution < -0.4 is 16.0 Å². The van der Waals surface area contributed by atoms with Crippen LogP contribution in [0.4, 0.5) is 10.8 Å². The lowest BCUT2D eigenvalue weighted by molar-refractivity contribution is -0.115. The zero-order chi connectivity index (χ0) is 30.3. The minimum atomic E-state index is -0.469. The molecule has 0 radical (unpaired) electrons. The van der Waals surface area contributed by atoms with E-state index in [9.17, 15) is 14.4 Å². The van der Waals surface area contributed by atoms with E-state index < -0.39 is 11.2 Å². The van der Waals surface area contributed by atoms with Crippen molar-refractivity contribution in [1.82, 2.24) is 10.3 Å². The first-order chi connectivity index (χ1) is 20.7. The van der Waals surface area contributed by atoms with Gasteiger partial charge in [0.05, 0.1) is 15.5 Å². The molecule has 1 unspecified atom stereocenters. The Morgan fingerprint density at radius 3 is 2.35 bits per heavy atom. The predicted octanol–water partition coefficient (Wildman–Crippen LogP) is 7.44. The number of aromatic nitrogens is 1. The zero-order valence-corrected chi connectivity index (χ0v) is 25.5. The minimum absolute atomic E-state index is 0.106. The summed E-state index contributed by atoms with van der Waals surface area (Å²) < 4.78 is 1.02. The monoisotopic (exact) mass is 606 g/mol. The molecule has 5 rings (SSSR count). The molecule has 1 aromatic heterocycles. The van der Waals surface area contributed by atoms with Crippen LogP contribution in [-0.2, 0) is 9.59 Å². The third-order valence-electron chi connectivity index (χ3n) is 6.47. The largest absolute Gasteiger partial charge is 0.321 e. The van der Waals surface area contributed by atoms with Crippen LogP contribution in [0.15, 0.2) is 108 Å². The van der Waals surface area contributed by atoms with Crippen molar-refractivity contribution in [3.63, 3.8) is 0 Å². The van der Waals surface area contributed by atoms with E-state index in [1.807, 2.05) is 75.4 Å². The van der Waals surface area contributed by atoms with E-state index in [1.54, 1.807) is 42.5 Å². The van der Waals surface area contributed by atoms with Gasteiger partial charge in [-0.1, -0.05) is 71.5 Å². The van der Waals surface area contributed by atoms with E-state index in [-0.39, 0.29) is 17.5 Å². The summed E-state index contributed by atoms with van der Waals surface area (Å²) in [5.41, 5.74) is 4.94. The van der Waals surface area contributed by atoms with Crippen molar-refractivity contribution in [3.05, 3.63) is 125 Å². The molecule has 0 aliphatic heterocycles. The minimum Gasteiger partial charge on any atom is -0.321 e. The molecular formula is C34H30N4O3S2. The lowest BCUT2D eigenvalue weighted by Gasteiger charge is -2.13. The highest BCUT2D eigenvalue weighted by atomic mass is 32.2. The van der Waals surface area contributed by atoms with Crippen LogP contribution in [0.5, 0.6) is 0 Å². The topological polar surface area (TPSA) is 100 Å². The molecule has 7 nitrogen and oxygen atoms in total. The third-order valence-corrected chi connectivity index (χ3v) is 8.49. The van der Waals surface area contributed by atoms with Gasteiger partial charge in [0.1, 0.15) is 5.70 Å². The molecule has 4 aromatic carbocycles. The number of benzene rings is 4. The van der Waals surface area contributed by atoms with Crippen molar-refractivity contribution in [3.8, 4) is 0 Å². The molecule has 216 valence electrons. The third kappa shape index (κ3) is 7.97. The van der Waals surface area contributed by atoms with E-state index in [0.717, 1.165) is 31.8 Å². The normalized spacial score (nSPS) is 12.0. The van der Waals surface area contributed by atoms with Gasteiger partial charge in [0.25, 0.3) is 11.8 Å². The number of hydrogen-bond acceptors (Lipinski definition) is 6. The number of rotatable bonds is 9. The average molecular weight is 607 g/mol. The second-order valence-corrected chi connectivity index (χ2v) is 12.5. The first-order valence-electron chi connectivity index (χ1n) is 13.6. The van der Waals surface area contributed by atoms with Gasteiger partial charge in [-0.25, -0.2) is 4.98 Å². The molecule has 0 saturated carbocycles. The molecule has 43 heavy (non-hydrogen) atoms. The lowest BCUT2D eigenvalue weighted by atomic mass is 10.1. The second-order valence-electron chi connectivity index (χ2n) is 10.0. The molecule has 1 heterocycles. The molecular weight excluding hydrogens is 577 g/mol. The summed E-state index contributed by atoms with van der Waals surface area (Å²) in [5.74, 6) is -1.02. The van der Waals surface area contributed by atoms with Gasteiger partial charge < -0.3 is 16.0 Å². The number of carbonyl (C=O) groups is 3. The number of thioether (sulfide) groups is 1. The highest BCUT2D eigenvalue weighted by Crippen LogP contribution is 2.30. The summed E-state index contributed by atoms with van der Waals surface area (Å²) in [6.45, 7) is 5.83. The van der Waals surface area contributed by atoms with Crippen LogP contribution in [-0.4, -0.2) is 28.0 Å². The van der Waals surface area contributed by atoms with Crippen LogP contribution in [0.25, 0.3) is 16.3 Å². The number of carbonyl (C=O) groups excluding carboxylic acids is 3. The summed E-state index contributed by atoms with van der Waals surface area (Å²) in [4.78, 5) is 44.6. The highest BCUT2D eigenvalue weighted by Gasteiger charge is 2.18. The quantitative estimate of drug-likeness (QED) is 0.120. The van der Waals surface area contributed by atoms with Crippen LogP contribution >= 0.6 is 23.1 Å². The van der Waals surface area contributed by atoms with Crippen LogP contribution in [0, 0.1) is 13.8 Å². The van der Waals surface area contributed by atoms with Gasteiger partial charge in [0.15, 0.2) is 5.13 Å². The molecule has 1 atom stereocenters. The summed E-state index contributed by atoms with van der Waals surface area (Å²) in [5, 5.41) is 8.72. The number of thiazole rings is 1. The molecule has 9 heteroatoms.